The molecule has 146 valence electrons. The van der Waals surface area contributed by atoms with Crippen LogP contribution in [0.5, 0.6) is 11.5 Å². The quantitative estimate of drug-likeness (QED) is 0.358. The van der Waals surface area contributed by atoms with Crippen molar-refractivity contribution in [3.63, 3.8) is 0 Å². The van der Waals surface area contributed by atoms with Gasteiger partial charge < -0.3 is 14.0 Å². The molecule has 1 N–H and O–H groups in total. The highest BCUT2D eigenvalue weighted by Gasteiger charge is 2.10. The Labute approximate surface area is 167 Å². The summed E-state index contributed by atoms with van der Waals surface area (Å²) in [6, 6.07) is 13.3. The Morgan fingerprint density at radius 1 is 1.29 bits per heavy atom. The van der Waals surface area contributed by atoms with Gasteiger partial charge in [0.1, 0.15) is 0 Å². The molecule has 0 spiro atoms. The lowest BCUT2D eigenvalue weighted by molar-refractivity contribution is -0.118. The molecule has 1 aromatic heterocycles. The summed E-state index contributed by atoms with van der Waals surface area (Å²) in [5.41, 5.74) is 5.27. The highest BCUT2D eigenvalue weighted by atomic mass is 32.2. The van der Waals surface area contributed by atoms with Gasteiger partial charge in [-0.25, -0.2) is 10.4 Å². The van der Waals surface area contributed by atoms with Gasteiger partial charge in [0.05, 0.1) is 36.7 Å². The first-order valence-electron chi connectivity index (χ1n) is 8.79. The number of hydrogen-bond donors (Lipinski definition) is 1. The van der Waals surface area contributed by atoms with E-state index in [1.54, 1.807) is 19.4 Å². The maximum atomic E-state index is 12.1. The summed E-state index contributed by atoms with van der Waals surface area (Å²) >= 11 is 1.37. The minimum Gasteiger partial charge on any atom is -0.493 e. The largest absolute Gasteiger partial charge is 0.493 e. The molecule has 7 nitrogen and oxygen atoms in total. The number of para-hydroxylation sites is 2. The van der Waals surface area contributed by atoms with Crippen LogP contribution in [0.4, 0.5) is 0 Å². The Balaban J connectivity index is 1.55. The fourth-order valence-corrected chi connectivity index (χ4v) is 3.41. The van der Waals surface area contributed by atoms with E-state index in [2.05, 4.69) is 15.5 Å². The molecule has 0 radical (unpaired) electrons. The Bertz CT molecular complexity index is 1000. The molecule has 3 rings (SSSR count). The van der Waals surface area contributed by atoms with Crippen molar-refractivity contribution in [3.05, 3.63) is 48.0 Å². The molecule has 0 unspecified atom stereocenters. The number of benzene rings is 2. The van der Waals surface area contributed by atoms with Crippen molar-refractivity contribution in [2.24, 2.45) is 12.1 Å². The summed E-state index contributed by atoms with van der Waals surface area (Å²) in [4.78, 5) is 16.6. The number of hydrogen-bond acceptors (Lipinski definition) is 6. The zero-order valence-electron chi connectivity index (χ0n) is 16.0. The molecule has 2 aromatic carbocycles. The fourth-order valence-electron chi connectivity index (χ4n) is 2.63. The van der Waals surface area contributed by atoms with E-state index >= 15 is 0 Å². The van der Waals surface area contributed by atoms with Gasteiger partial charge in [0.15, 0.2) is 16.7 Å². The number of imidazole rings is 1. The van der Waals surface area contributed by atoms with Crippen LogP contribution in [-0.4, -0.2) is 41.1 Å². The van der Waals surface area contributed by atoms with E-state index in [1.165, 1.54) is 11.8 Å². The van der Waals surface area contributed by atoms with Crippen molar-refractivity contribution in [2.45, 2.75) is 12.1 Å². The number of methoxy groups -OCH3 is 1. The van der Waals surface area contributed by atoms with Crippen molar-refractivity contribution < 1.29 is 14.3 Å². The van der Waals surface area contributed by atoms with E-state index in [4.69, 9.17) is 9.47 Å². The maximum Gasteiger partial charge on any atom is 0.250 e. The van der Waals surface area contributed by atoms with Gasteiger partial charge in [-0.1, -0.05) is 23.9 Å². The van der Waals surface area contributed by atoms with E-state index in [-0.39, 0.29) is 11.7 Å². The molecule has 8 heteroatoms. The number of amides is 1. The van der Waals surface area contributed by atoms with Crippen LogP contribution in [0.15, 0.2) is 52.7 Å². The summed E-state index contributed by atoms with van der Waals surface area (Å²) in [6.07, 6.45) is 1.57. The first-order valence-corrected chi connectivity index (χ1v) is 9.78. The van der Waals surface area contributed by atoms with Crippen molar-refractivity contribution in [1.29, 1.82) is 0 Å². The van der Waals surface area contributed by atoms with Crippen LogP contribution in [0.25, 0.3) is 11.0 Å². The van der Waals surface area contributed by atoms with Crippen molar-refractivity contribution >= 4 is 34.9 Å². The van der Waals surface area contributed by atoms with Crippen molar-refractivity contribution in [3.8, 4) is 11.5 Å². The predicted molar refractivity (Wildman–Crippen MR) is 111 cm³/mol. The summed E-state index contributed by atoms with van der Waals surface area (Å²) in [5, 5.41) is 4.80. The Morgan fingerprint density at radius 2 is 2.11 bits per heavy atom. The zero-order valence-corrected chi connectivity index (χ0v) is 16.8. The summed E-state index contributed by atoms with van der Waals surface area (Å²) < 4.78 is 12.8. The average Bonchev–Trinajstić information content (AvgIpc) is 3.03. The van der Waals surface area contributed by atoms with Crippen LogP contribution in [0.1, 0.15) is 12.5 Å². The van der Waals surface area contributed by atoms with Crippen LogP contribution in [-0.2, 0) is 11.8 Å². The number of rotatable bonds is 8. The number of aromatic nitrogens is 2. The summed E-state index contributed by atoms with van der Waals surface area (Å²) in [5.74, 6) is 1.31. The van der Waals surface area contributed by atoms with Gasteiger partial charge in [0, 0.05) is 7.05 Å². The number of fused-ring (bicyclic) bond motifs is 1. The molecule has 0 aliphatic heterocycles. The number of nitrogens with zero attached hydrogens (tertiary/aromatic N) is 3. The van der Waals surface area contributed by atoms with Crippen LogP contribution < -0.4 is 14.9 Å². The van der Waals surface area contributed by atoms with Gasteiger partial charge in [0.2, 0.25) is 0 Å². The van der Waals surface area contributed by atoms with E-state index in [0.717, 1.165) is 21.8 Å². The molecule has 0 saturated carbocycles. The SMILES string of the molecule is CCOc1ccc(C=NNC(=O)CSc2nc3ccccc3n2C)cc1OC. The normalized spacial score (nSPS) is 11.1. The molecule has 0 atom stereocenters. The molecule has 0 saturated heterocycles. The molecule has 1 heterocycles. The zero-order chi connectivity index (χ0) is 19.9. The Hall–Kier alpha value is -3.00. The number of ether oxygens (including phenoxy) is 2. The lowest BCUT2D eigenvalue weighted by atomic mass is 10.2. The standard InChI is InChI=1S/C20H22N4O3S/c1-4-27-17-10-9-14(11-18(17)26-3)12-21-23-19(25)13-28-20-22-15-7-5-6-8-16(15)24(20)2/h5-12H,4,13H2,1-3H3,(H,23,25). The van der Waals surface area contributed by atoms with Gasteiger partial charge in [0.25, 0.3) is 5.91 Å². The molecule has 0 aliphatic rings. The van der Waals surface area contributed by atoms with Gasteiger partial charge in [-0.2, -0.15) is 5.10 Å². The van der Waals surface area contributed by atoms with Gasteiger partial charge in [-0.3, -0.25) is 4.79 Å². The van der Waals surface area contributed by atoms with Crippen LogP contribution >= 0.6 is 11.8 Å². The van der Waals surface area contributed by atoms with Crippen molar-refractivity contribution in [1.82, 2.24) is 15.0 Å². The molecular weight excluding hydrogens is 376 g/mol. The smallest absolute Gasteiger partial charge is 0.250 e. The molecule has 0 bridgehead atoms. The van der Waals surface area contributed by atoms with E-state index in [0.29, 0.717) is 18.1 Å². The van der Waals surface area contributed by atoms with Crippen LogP contribution in [0, 0.1) is 0 Å². The second kappa shape index (κ2) is 9.27. The Morgan fingerprint density at radius 3 is 2.86 bits per heavy atom. The maximum absolute atomic E-state index is 12.1. The second-order valence-corrected chi connectivity index (χ2v) is 6.81. The van der Waals surface area contributed by atoms with Crippen LogP contribution in [0.3, 0.4) is 0 Å². The summed E-state index contributed by atoms with van der Waals surface area (Å²) in [7, 11) is 3.52. The third kappa shape index (κ3) is 4.64. The van der Waals surface area contributed by atoms with E-state index < -0.39 is 0 Å². The summed E-state index contributed by atoms with van der Waals surface area (Å²) in [6.45, 7) is 2.47. The monoisotopic (exact) mass is 398 g/mol. The molecule has 28 heavy (non-hydrogen) atoms. The highest BCUT2D eigenvalue weighted by molar-refractivity contribution is 7.99. The highest BCUT2D eigenvalue weighted by Crippen LogP contribution is 2.27. The first kappa shape index (κ1) is 19.8. The lowest BCUT2D eigenvalue weighted by Gasteiger charge is -2.09. The van der Waals surface area contributed by atoms with E-state index in [1.807, 2.05) is 54.9 Å². The van der Waals surface area contributed by atoms with Gasteiger partial charge >= 0.3 is 0 Å². The van der Waals surface area contributed by atoms with Gasteiger partial charge in [-0.05, 0) is 42.8 Å². The third-order valence-electron chi connectivity index (χ3n) is 3.97. The number of carbonyl (C=O) groups excluding carboxylic acids is 1. The first-order chi connectivity index (χ1) is 13.6. The molecule has 3 aromatic rings. The fraction of sp³-hybridized carbons (Fsp3) is 0.250. The number of hydrazone groups is 1. The van der Waals surface area contributed by atoms with E-state index in [9.17, 15) is 4.79 Å². The molecule has 0 aliphatic carbocycles. The number of aryl methyl sites for hydroxylation is 1. The topological polar surface area (TPSA) is 77.7 Å². The average molecular weight is 398 g/mol. The number of thioether (sulfide) groups is 1. The molecule has 1 amide bonds. The molecule has 0 fully saturated rings. The van der Waals surface area contributed by atoms with Crippen molar-refractivity contribution in [2.75, 3.05) is 19.5 Å². The number of nitrogens with one attached hydrogen (secondary N) is 1. The molecular formula is C20H22N4O3S. The Kier molecular flexibility index (Phi) is 6.54. The second-order valence-electron chi connectivity index (χ2n) is 5.87. The predicted octanol–water partition coefficient (Wildman–Crippen LogP) is 3.22. The number of carbonyl (C=O) groups is 1. The van der Waals surface area contributed by atoms with Gasteiger partial charge in [-0.15, -0.1) is 0 Å². The third-order valence-corrected chi connectivity index (χ3v) is 5.00. The minimum atomic E-state index is -0.203. The minimum absolute atomic E-state index is 0.203. The lowest BCUT2D eigenvalue weighted by Crippen LogP contribution is -2.19. The van der Waals surface area contributed by atoms with Crippen LogP contribution in [0.2, 0.25) is 0 Å².